The molecule has 8 heavy (non-hydrogen) atoms. The van der Waals surface area contributed by atoms with Gasteiger partial charge < -0.3 is 0 Å². The average molecular weight is 195 g/mol. The molecule has 1 heterocycles. The van der Waals surface area contributed by atoms with Gasteiger partial charge in [0.05, 0.1) is 10.7 Å². The maximum Gasteiger partial charge on any atom is 0.115 e. The lowest BCUT2D eigenvalue weighted by atomic mass is 10.8. The Balaban J connectivity index is 2.84. The van der Waals surface area contributed by atoms with Gasteiger partial charge in [-0.3, -0.25) is 4.68 Å². The molecule has 1 aromatic heterocycles. The zero-order valence-corrected chi connectivity index (χ0v) is 6.35. The van der Waals surface area contributed by atoms with Crippen molar-refractivity contribution in [1.82, 2.24) is 9.78 Å². The molecule has 0 aliphatic rings. The molecule has 0 unspecified atom stereocenters. The van der Waals surface area contributed by atoms with Crippen LogP contribution in [0.3, 0.4) is 0 Å². The van der Waals surface area contributed by atoms with E-state index < -0.39 is 0 Å². The summed E-state index contributed by atoms with van der Waals surface area (Å²) in [5.74, 6) is 0. The molecule has 0 fully saturated rings. The number of nitrogens with zero attached hydrogens (tertiary/aromatic N) is 2. The third kappa shape index (κ3) is 1.23. The van der Waals surface area contributed by atoms with Crippen LogP contribution in [0.2, 0.25) is 0 Å². The van der Waals surface area contributed by atoms with Crippen LogP contribution in [0, 0.1) is 0 Å². The highest BCUT2D eigenvalue weighted by Gasteiger charge is 1.88. The minimum absolute atomic E-state index is 0.408. The van der Waals surface area contributed by atoms with Gasteiger partial charge in [-0.15, -0.1) is 11.6 Å². The monoisotopic (exact) mass is 194 g/mol. The van der Waals surface area contributed by atoms with Gasteiger partial charge in [-0.25, -0.2) is 0 Å². The average Bonchev–Trinajstić information content (AvgIpc) is 2.14. The molecule has 0 spiro atoms. The Bertz CT molecular complexity index is 174. The Kier molecular flexibility index (Phi) is 1.91. The zero-order chi connectivity index (χ0) is 5.98. The largest absolute Gasteiger partial charge is 0.257 e. The van der Waals surface area contributed by atoms with Gasteiger partial charge in [0.2, 0.25) is 0 Å². The predicted molar refractivity (Wildman–Crippen MR) is 35.8 cm³/mol. The van der Waals surface area contributed by atoms with Crippen molar-refractivity contribution in [3.05, 3.63) is 16.9 Å². The van der Waals surface area contributed by atoms with E-state index in [4.69, 9.17) is 11.6 Å². The van der Waals surface area contributed by atoms with Crippen LogP contribution >= 0.6 is 27.5 Å². The highest BCUT2D eigenvalue weighted by Crippen LogP contribution is 2.05. The molecule has 0 aliphatic heterocycles. The molecule has 0 aliphatic carbocycles. The van der Waals surface area contributed by atoms with Crippen LogP contribution in [0.1, 0.15) is 0 Å². The number of halogens is 2. The summed E-state index contributed by atoms with van der Waals surface area (Å²) >= 11 is 8.65. The second-order valence-corrected chi connectivity index (χ2v) is 2.47. The van der Waals surface area contributed by atoms with Crippen molar-refractivity contribution >= 4 is 27.5 Å². The first-order valence-electron chi connectivity index (χ1n) is 2.07. The second kappa shape index (κ2) is 2.51. The van der Waals surface area contributed by atoms with Crippen molar-refractivity contribution < 1.29 is 0 Å². The van der Waals surface area contributed by atoms with Crippen molar-refractivity contribution in [2.45, 2.75) is 6.00 Å². The number of alkyl halides is 1. The summed E-state index contributed by atoms with van der Waals surface area (Å²) in [7, 11) is 0. The van der Waals surface area contributed by atoms with Crippen LogP contribution in [-0.4, -0.2) is 9.78 Å². The fourth-order valence-corrected chi connectivity index (χ4v) is 0.862. The molecule has 0 radical (unpaired) electrons. The summed E-state index contributed by atoms with van der Waals surface area (Å²) in [6.45, 7) is 0. The van der Waals surface area contributed by atoms with Crippen LogP contribution in [-0.2, 0) is 6.00 Å². The smallest absolute Gasteiger partial charge is 0.115 e. The fourth-order valence-electron chi connectivity index (χ4n) is 0.404. The molecule has 0 aromatic carbocycles. The van der Waals surface area contributed by atoms with Gasteiger partial charge >= 0.3 is 0 Å². The molecule has 4 heteroatoms. The Morgan fingerprint density at radius 2 is 2.62 bits per heavy atom. The van der Waals surface area contributed by atoms with Gasteiger partial charge in [0.15, 0.2) is 0 Å². The summed E-state index contributed by atoms with van der Waals surface area (Å²) in [5, 5.41) is 3.87. The third-order valence-corrected chi connectivity index (χ3v) is 1.38. The van der Waals surface area contributed by atoms with E-state index in [1.165, 1.54) is 0 Å². The van der Waals surface area contributed by atoms with E-state index >= 15 is 0 Å². The molecule has 2 nitrogen and oxygen atoms in total. The van der Waals surface area contributed by atoms with Crippen molar-refractivity contribution in [3.63, 3.8) is 0 Å². The first-order chi connectivity index (χ1) is 3.83. The predicted octanol–water partition coefficient (Wildman–Crippen LogP) is 1.84. The van der Waals surface area contributed by atoms with Crippen LogP contribution < -0.4 is 0 Å². The Morgan fingerprint density at radius 1 is 1.88 bits per heavy atom. The first kappa shape index (κ1) is 6.11. The van der Waals surface area contributed by atoms with E-state index in [2.05, 4.69) is 21.0 Å². The van der Waals surface area contributed by atoms with Crippen LogP contribution in [0.4, 0.5) is 0 Å². The van der Waals surface area contributed by atoms with Gasteiger partial charge in [-0.2, -0.15) is 5.10 Å². The number of rotatable bonds is 1. The van der Waals surface area contributed by atoms with Gasteiger partial charge in [0.25, 0.3) is 0 Å². The summed E-state index contributed by atoms with van der Waals surface area (Å²) in [6.07, 6.45) is 3.51. The third-order valence-electron chi connectivity index (χ3n) is 0.724. The van der Waals surface area contributed by atoms with Gasteiger partial charge in [-0.1, -0.05) is 0 Å². The Morgan fingerprint density at radius 3 is 2.88 bits per heavy atom. The van der Waals surface area contributed by atoms with E-state index in [1.807, 2.05) is 6.20 Å². The summed E-state index contributed by atoms with van der Waals surface area (Å²) in [4.78, 5) is 0. The number of aromatic nitrogens is 2. The molecule has 0 saturated carbocycles. The Hall–Kier alpha value is -0.0200. The molecule has 0 N–H and O–H groups in total. The minimum Gasteiger partial charge on any atom is -0.257 e. The second-order valence-electron chi connectivity index (χ2n) is 1.32. The highest BCUT2D eigenvalue weighted by molar-refractivity contribution is 9.10. The molecule has 0 bridgehead atoms. The topological polar surface area (TPSA) is 17.8 Å². The zero-order valence-electron chi connectivity index (χ0n) is 4.01. The van der Waals surface area contributed by atoms with E-state index in [0.717, 1.165) is 4.47 Å². The maximum absolute atomic E-state index is 5.42. The normalized spacial score (nSPS) is 9.75. The summed E-state index contributed by atoms with van der Waals surface area (Å²) in [6, 6.07) is 0.408. The number of hydrogen-bond acceptors (Lipinski definition) is 1. The SMILES string of the molecule is ClCn1cc(Br)cn1. The van der Waals surface area contributed by atoms with Crippen molar-refractivity contribution in [3.8, 4) is 0 Å². The van der Waals surface area contributed by atoms with Crippen LogP contribution in [0.5, 0.6) is 0 Å². The molecule has 1 aromatic rings. The maximum atomic E-state index is 5.42. The lowest BCUT2D eigenvalue weighted by Crippen LogP contribution is -1.89. The standard InChI is InChI=1S/C4H4BrClN2/c5-4-1-7-8(2-4)3-6/h1-2H,3H2. The lowest BCUT2D eigenvalue weighted by Gasteiger charge is -1.86. The van der Waals surface area contributed by atoms with E-state index in [9.17, 15) is 0 Å². The van der Waals surface area contributed by atoms with Crippen LogP contribution in [0.25, 0.3) is 0 Å². The molecular weight excluding hydrogens is 191 g/mol. The van der Waals surface area contributed by atoms with Crippen molar-refractivity contribution in [1.29, 1.82) is 0 Å². The van der Waals surface area contributed by atoms with Gasteiger partial charge in [-0.05, 0) is 15.9 Å². The quantitative estimate of drug-likeness (QED) is 0.625. The van der Waals surface area contributed by atoms with Gasteiger partial charge in [0.1, 0.15) is 6.00 Å². The van der Waals surface area contributed by atoms with E-state index in [-0.39, 0.29) is 0 Å². The lowest BCUT2D eigenvalue weighted by molar-refractivity contribution is 0.744. The first-order valence-corrected chi connectivity index (χ1v) is 3.39. The van der Waals surface area contributed by atoms with Crippen LogP contribution in [0.15, 0.2) is 16.9 Å². The molecular formula is C4H4BrClN2. The molecule has 1 rings (SSSR count). The molecule has 0 atom stereocenters. The van der Waals surface area contributed by atoms with Gasteiger partial charge in [0, 0.05) is 6.20 Å². The summed E-state index contributed by atoms with van der Waals surface area (Å²) < 4.78 is 2.59. The molecule has 0 saturated heterocycles. The molecule has 0 amide bonds. The van der Waals surface area contributed by atoms with Crippen molar-refractivity contribution in [2.75, 3.05) is 0 Å². The fraction of sp³-hybridized carbons (Fsp3) is 0.250. The summed E-state index contributed by atoms with van der Waals surface area (Å²) in [5.41, 5.74) is 0. The van der Waals surface area contributed by atoms with Crippen molar-refractivity contribution in [2.24, 2.45) is 0 Å². The minimum atomic E-state index is 0.408. The highest BCUT2D eigenvalue weighted by atomic mass is 79.9. The Labute approximate surface area is 60.6 Å². The van der Waals surface area contributed by atoms with E-state index in [1.54, 1.807) is 10.9 Å². The molecule has 44 valence electrons. The number of hydrogen-bond donors (Lipinski definition) is 0. The van der Waals surface area contributed by atoms with E-state index in [0.29, 0.717) is 6.00 Å².